The van der Waals surface area contributed by atoms with Crippen molar-refractivity contribution in [2.45, 2.75) is 0 Å². The third-order valence-corrected chi connectivity index (χ3v) is 3.00. The Hall–Kier alpha value is -0.950. The average molecular weight is 339 g/mol. The van der Waals surface area contributed by atoms with Crippen LogP contribution in [0.15, 0.2) is 16.6 Å². The van der Waals surface area contributed by atoms with Gasteiger partial charge in [-0.15, -0.1) is 0 Å². The Morgan fingerprint density at radius 2 is 2.13 bits per heavy atom. The van der Waals surface area contributed by atoms with Crippen LogP contribution in [0.2, 0.25) is 0 Å². The van der Waals surface area contributed by atoms with Gasteiger partial charge in [-0.1, -0.05) is 15.9 Å². The van der Waals surface area contributed by atoms with E-state index in [0.717, 1.165) is 6.07 Å². The van der Waals surface area contributed by atoms with Crippen LogP contribution in [-0.2, 0) is 0 Å². The lowest BCUT2D eigenvalue weighted by Crippen LogP contribution is -2.01. The summed E-state index contributed by atoms with van der Waals surface area (Å²) in [7, 11) is 0. The van der Waals surface area contributed by atoms with Crippen molar-refractivity contribution >= 4 is 43.3 Å². The summed E-state index contributed by atoms with van der Waals surface area (Å²) < 4.78 is -0.0291. The number of nitrogens with zero attached hydrogens (tertiary/aromatic N) is 1. The Bertz CT molecular complexity index is 433. The molecule has 15 heavy (non-hydrogen) atoms. The van der Waals surface area contributed by atoms with Crippen molar-refractivity contribution < 1.29 is 14.8 Å². The van der Waals surface area contributed by atoms with Crippen LogP contribution in [0.3, 0.4) is 0 Å². The van der Waals surface area contributed by atoms with Gasteiger partial charge >= 0.3 is 0 Å². The van der Waals surface area contributed by atoms with Gasteiger partial charge < -0.3 is 5.11 Å². The minimum absolute atomic E-state index is 0.0291. The number of alkyl halides is 1. The van der Waals surface area contributed by atoms with Crippen LogP contribution >= 0.6 is 31.9 Å². The molecule has 0 heterocycles. The van der Waals surface area contributed by atoms with E-state index in [-0.39, 0.29) is 32.6 Å². The standard InChI is InChI=1S/C8H5Br2NO4/c9-3-7(13)4-1-5(11(14)15)8(10)6(12)2-4/h1-2,12H,3H2. The topological polar surface area (TPSA) is 80.4 Å². The minimum Gasteiger partial charge on any atom is -0.506 e. The van der Waals surface area contributed by atoms with Crippen molar-refractivity contribution in [3.8, 4) is 5.75 Å². The van der Waals surface area contributed by atoms with Crippen molar-refractivity contribution in [1.29, 1.82) is 0 Å². The Labute approximate surface area is 102 Å². The van der Waals surface area contributed by atoms with Crippen molar-refractivity contribution in [2.75, 3.05) is 5.33 Å². The largest absolute Gasteiger partial charge is 0.506 e. The van der Waals surface area contributed by atoms with Gasteiger partial charge in [0.25, 0.3) is 5.69 Å². The summed E-state index contributed by atoms with van der Waals surface area (Å²) in [4.78, 5) is 21.2. The van der Waals surface area contributed by atoms with Gasteiger partial charge in [-0.2, -0.15) is 0 Å². The number of nitro groups is 1. The highest BCUT2D eigenvalue weighted by molar-refractivity contribution is 9.10. The minimum atomic E-state index is -0.672. The maximum atomic E-state index is 11.3. The highest BCUT2D eigenvalue weighted by atomic mass is 79.9. The Morgan fingerprint density at radius 1 is 1.53 bits per heavy atom. The third kappa shape index (κ3) is 2.54. The number of Topliss-reactive ketones (excluding diaryl/α,β-unsaturated/α-hetero) is 1. The molecule has 0 spiro atoms. The third-order valence-electron chi connectivity index (χ3n) is 1.67. The molecule has 0 aliphatic heterocycles. The second-order valence-electron chi connectivity index (χ2n) is 2.64. The SMILES string of the molecule is O=C(CBr)c1cc(O)c(Br)c([N+](=O)[O-])c1. The van der Waals surface area contributed by atoms with Crippen LogP contribution in [0.5, 0.6) is 5.75 Å². The van der Waals surface area contributed by atoms with Gasteiger partial charge in [0.1, 0.15) is 10.2 Å². The van der Waals surface area contributed by atoms with Crippen molar-refractivity contribution in [3.05, 3.63) is 32.3 Å². The summed E-state index contributed by atoms with van der Waals surface area (Å²) >= 11 is 5.81. The lowest BCUT2D eigenvalue weighted by atomic mass is 10.1. The Morgan fingerprint density at radius 3 is 2.60 bits per heavy atom. The average Bonchev–Trinajstić information content (AvgIpc) is 2.20. The van der Waals surface area contributed by atoms with Crippen LogP contribution < -0.4 is 0 Å². The van der Waals surface area contributed by atoms with Crippen LogP contribution in [0, 0.1) is 10.1 Å². The molecule has 1 aromatic rings. The van der Waals surface area contributed by atoms with Gasteiger partial charge in [-0.05, 0) is 22.0 Å². The van der Waals surface area contributed by atoms with E-state index >= 15 is 0 Å². The van der Waals surface area contributed by atoms with Crippen LogP contribution in [-0.4, -0.2) is 21.1 Å². The summed E-state index contributed by atoms with van der Waals surface area (Å²) in [5, 5.41) is 20.0. The second-order valence-corrected chi connectivity index (χ2v) is 4.00. The van der Waals surface area contributed by atoms with E-state index in [1.807, 2.05) is 0 Å². The quantitative estimate of drug-likeness (QED) is 0.397. The number of carbonyl (C=O) groups excluding carboxylic acids is 1. The van der Waals surface area contributed by atoms with Gasteiger partial charge in [0.2, 0.25) is 0 Å². The molecular formula is C8H5Br2NO4. The zero-order valence-electron chi connectivity index (χ0n) is 7.24. The normalized spacial score (nSPS) is 10.0. The number of hydrogen-bond donors (Lipinski definition) is 1. The van der Waals surface area contributed by atoms with Crippen LogP contribution in [0.25, 0.3) is 0 Å². The van der Waals surface area contributed by atoms with Gasteiger partial charge in [-0.3, -0.25) is 14.9 Å². The smallest absolute Gasteiger partial charge is 0.288 e. The first kappa shape index (κ1) is 12.1. The first-order valence-electron chi connectivity index (χ1n) is 3.73. The first-order valence-corrected chi connectivity index (χ1v) is 5.65. The van der Waals surface area contributed by atoms with E-state index in [0.29, 0.717) is 0 Å². The van der Waals surface area contributed by atoms with E-state index in [9.17, 15) is 20.0 Å². The number of aromatic hydroxyl groups is 1. The molecule has 1 rings (SSSR count). The molecule has 0 unspecified atom stereocenters. The van der Waals surface area contributed by atoms with E-state index in [2.05, 4.69) is 31.9 Å². The molecule has 0 atom stereocenters. The number of benzene rings is 1. The summed E-state index contributed by atoms with van der Waals surface area (Å²) in [6.45, 7) is 0. The number of nitro benzene ring substituents is 1. The zero-order valence-corrected chi connectivity index (χ0v) is 10.4. The fraction of sp³-hybridized carbons (Fsp3) is 0.125. The number of carbonyl (C=O) groups is 1. The van der Waals surface area contributed by atoms with Crippen molar-refractivity contribution in [1.82, 2.24) is 0 Å². The fourth-order valence-electron chi connectivity index (χ4n) is 0.965. The lowest BCUT2D eigenvalue weighted by Gasteiger charge is -2.02. The molecule has 1 aromatic carbocycles. The molecule has 0 aromatic heterocycles. The van der Waals surface area contributed by atoms with Crippen LogP contribution in [0.4, 0.5) is 5.69 Å². The molecule has 0 bridgehead atoms. The molecule has 1 N–H and O–H groups in total. The predicted molar refractivity (Wildman–Crippen MR) is 60.6 cm³/mol. The summed E-state index contributed by atoms with van der Waals surface area (Å²) in [6.07, 6.45) is 0. The first-order chi connectivity index (χ1) is 6.97. The molecule has 0 aliphatic rings. The Balaban J connectivity index is 3.35. The molecule has 80 valence electrons. The monoisotopic (exact) mass is 337 g/mol. The van der Waals surface area contributed by atoms with Crippen LogP contribution in [0.1, 0.15) is 10.4 Å². The molecule has 5 nitrogen and oxygen atoms in total. The molecule has 0 radical (unpaired) electrons. The second kappa shape index (κ2) is 4.71. The van der Waals surface area contributed by atoms with Crippen molar-refractivity contribution in [3.63, 3.8) is 0 Å². The molecular weight excluding hydrogens is 334 g/mol. The van der Waals surface area contributed by atoms with Gasteiger partial charge in [0.15, 0.2) is 5.78 Å². The van der Waals surface area contributed by atoms with E-state index in [1.54, 1.807) is 0 Å². The number of hydrogen-bond acceptors (Lipinski definition) is 4. The number of rotatable bonds is 3. The van der Waals surface area contributed by atoms with E-state index in [1.165, 1.54) is 6.07 Å². The Kier molecular flexibility index (Phi) is 3.81. The lowest BCUT2D eigenvalue weighted by molar-refractivity contribution is -0.385. The van der Waals surface area contributed by atoms with Gasteiger partial charge in [0, 0.05) is 11.6 Å². The zero-order chi connectivity index (χ0) is 11.6. The number of ketones is 1. The maximum absolute atomic E-state index is 11.3. The highest BCUT2D eigenvalue weighted by Gasteiger charge is 2.19. The highest BCUT2D eigenvalue weighted by Crippen LogP contribution is 2.34. The fourth-order valence-corrected chi connectivity index (χ4v) is 1.66. The molecule has 7 heteroatoms. The van der Waals surface area contributed by atoms with Gasteiger partial charge in [-0.25, -0.2) is 0 Å². The summed E-state index contributed by atoms with van der Waals surface area (Å²) in [5.74, 6) is -0.658. The number of halogens is 2. The molecule has 0 aliphatic carbocycles. The molecule has 0 amide bonds. The van der Waals surface area contributed by atoms with E-state index < -0.39 is 4.92 Å². The number of phenolic OH excluding ortho intramolecular Hbond substituents is 1. The molecule has 0 fully saturated rings. The van der Waals surface area contributed by atoms with Gasteiger partial charge in [0.05, 0.1) is 10.3 Å². The summed E-state index contributed by atoms with van der Waals surface area (Å²) in [5.41, 5.74) is -0.237. The van der Waals surface area contributed by atoms with Crippen molar-refractivity contribution in [2.24, 2.45) is 0 Å². The maximum Gasteiger partial charge on any atom is 0.288 e. The summed E-state index contributed by atoms with van der Waals surface area (Å²) in [6, 6.07) is 2.30. The number of phenols is 1. The molecule has 0 saturated carbocycles. The predicted octanol–water partition coefficient (Wildman–Crippen LogP) is 2.64. The van der Waals surface area contributed by atoms with E-state index in [4.69, 9.17) is 0 Å². The molecule has 0 saturated heterocycles.